The number of halogens is 3. The first kappa shape index (κ1) is 20.8. The molecular weight excluding hydrogens is 423 g/mol. The van der Waals surface area contributed by atoms with Crippen LogP contribution in [0.5, 0.6) is 0 Å². The van der Waals surface area contributed by atoms with E-state index in [4.69, 9.17) is 0 Å². The minimum atomic E-state index is -4.33. The highest BCUT2D eigenvalue weighted by Gasteiger charge is 2.41. The van der Waals surface area contributed by atoms with Gasteiger partial charge in [-0.1, -0.05) is 5.21 Å². The van der Waals surface area contributed by atoms with Gasteiger partial charge in [-0.3, -0.25) is 9.48 Å². The van der Waals surface area contributed by atoms with Crippen molar-refractivity contribution in [2.45, 2.75) is 42.9 Å². The molecule has 30 heavy (non-hydrogen) atoms. The standard InChI is InChI=1S/C18H20F3N5O3S/c19-12-5-13(20)8-16(7-12)30(28,29)26-9-14(21)6-15(26)10-25-11-17(22-23-25)18(27)24-3-1-2-4-24/h5,7-8,11,14-15H,1-4,6,9-10H2. The number of benzene rings is 1. The number of carbonyl (C=O) groups is 1. The molecule has 2 atom stereocenters. The number of hydrogen-bond acceptors (Lipinski definition) is 5. The molecule has 0 N–H and O–H groups in total. The molecule has 2 saturated heterocycles. The van der Waals surface area contributed by atoms with E-state index in [2.05, 4.69) is 10.3 Å². The van der Waals surface area contributed by atoms with Gasteiger partial charge in [-0.2, -0.15) is 4.31 Å². The third kappa shape index (κ3) is 4.06. The number of carbonyl (C=O) groups excluding carboxylic acids is 1. The van der Waals surface area contributed by atoms with Gasteiger partial charge in [0.05, 0.1) is 17.6 Å². The van der Waals surface area contributed by atoms with Crippen LogP contribution in [-0.2, 0) is 16.6 Å². The maximum absolute atomic E-state index is 14.1. The lowest BCUT2D eigenvalue weighted by Gasteiger charge is -2.23. The van der Waals surface area contributed by atoms with Crippen molar-refractivity contribution >= 4 is 15.9 Å². The summed E-state index contributed by atoms with van der Waals surface area (Å²) in [5, 5.41) is 7.72. The normalized spacial score (nSPS) is 22.7. The zero-order valence-electron chi connectivity index (χ0n) is 15.9. The van der Waals surface area contributed by atoms with Gasteiger partial charge in [0.1, 0.15) is 17.8 Å². The monoisotopic (exact) mass is 443 g/mol. The molecule has 162 valence electrons. The molecule has 2 aromatic rings. The summed E-state index contributed by atoms with van der Waals surface area (Å²) in [5.41, 5.74) is 0.133. The third-order valence-electron chi connectivity index (χ3n) is 5.30. The Hall–Kier alpha value is -2.47. The van der Waals surface area contributed by atoms with Gasteiger partial charge >= 0.3 is 0 Å². The molecule has 2 aliphatic heterocycles. The molecule has 1 aromatic carbocycles. The molecule has 2 aliphatic rings. The van der Waals surface area contributed by atoms with Crippen molar-refractivity contribution in [3.8, 4) is 0 Å². The lowest BCUT2D eigenvalue weighted by atomic mass is 10.2. The van der Waals surface area contributed by atoms with E-state index in [1.807, 2.05) is 0 Å². The lowest BCUT2D eigenvalue weighted by molar-refractivity contribution is 0.0787. The molecule has 1 amide bonds. The molecule has 0 saturated carbocycles. The van der Waals surface area contributed by atoms with Crippen LogP contribution < -0.4 is 0 Å². The van der Waals surface area contributed by atoms with Gasteiger partial charge in [0.25, 0.3) is 5.91 Å². The van der Waals surface area contributed by atoms with Gasteiger partial charge in [0.2, 0.25) is 10.0 Å². The fourth-order valence-electron chi connectivity index (χ4n) is 3.89. The summed E-state index contributed by atoms with van der Waals surface area (Å²) in [6.45, 7) is 0.819. The number of amides is 1. The molecular formula is C18H20F3N5O3S. The molecule has 0 aliphatic carbocycles. The Labute approximate surface area is 171 Å². The summed E-state index contributed by atoms with van der Waals surface area (Å²) in [4.78, 5) is 13.5. The largest absolute Gasteiger partial charge is 0.337 e. The maximum atomic E-state index is 14.1. The Morgan fingerprint density at radius 3 is 2.47 bits per heavy atom. The number of sulfonamides is 1. The van der Waals surface area contributed by atoms with Gasteiger partial charge in [0, 0.05) is 31.7 Å². The summed E-state index contributed by atoms with van der Waals surface area (Å²) in [5.74, 6) is -2.34. The van der Waals surface area contributed by atoms with Crippen molar-refractivity contribution in [1.29, 1.82) is 0 Å². The van der Waals surface area contributed by atoms with Crippen LogP contribution >= 0.6 is 0 Å². The van der Waals surface area contributed by atoms with E-state index in [0.29, 0.717) is 31.3 Å². The van der Waals surface area contributed by atoms with Crippen LogP contribution in [0.25, 0.3) is 0 Å². The van der Waals surface area contributed by atoms with Crippen molar-refractivity contribution in [1.82, 2.24) is 24.2 Å². The quantitative estimate of drug-likeness (QED) is 0.701. The molecule has 2 fully saturated rings. The van der Waals surface area contributed by atoms with E-state index >= 15 is 0 Å². The average Bonchev–Trinajstić information content (AvgIpc) is 3.42. The second-order valence-corrected chi connectivity index (χ2v) is 9.38. The number of hydrogen-bond donors (Lipinski definition) is 0. The minimum Gasteiger partial charge on any atom is -0.337 e. The van der Waals surface area contributed by atoms with Crippen LogP contribution in [0.3, 0.4) is 0 Å². The fraction of sp³-hybridized carbons (Fsp3) is 0.500. The van der Waals surface area contributed by atoms with Gasteiger partial charge in [0.15, 0.2) is 5.69 Å². The van der Waals surface area contributed by atoms with Crippen molar-refractivity contribution in [2.75, 3.05) is 19.6 Å². The van der Waals surface area contributed by atoms with Crippen LogP contribution in [0.1, 0.15) is 29.8 Å². The Kier molecular flexibility index (Phi) is 5.53. The highest BCUT2D eigenvalue weighted by atomic mass is 32.2. The molecule has 0 radical (unpaired) electrons. The van der Waals surface area contributed by atoms with Crippen LogP contribution in [0.15, 0.2) is 29.3 Å². The molecule has 12 heteroatoms. The summed E-state index contributed by atoms with van der Waals surface area (Å²) in [6.07, 6.45) is 1.71. The van der Waals surface area contributed by atoms with E-state index in [1.165, 1.54) is 10.9 Å². The highest BCUT2D eigenvalue weighted by molar-refractivity contribution is 7.89. The Bertz CT molecular complexity index is 1030. The van der Waals surface area contributed by atoms with E-state index in [-0.39, 0.29) is 24.6 Å². The van der Waals surface area contributed by atoms with Gasteiger partial charge in [-0.25, -0.2) is 21.6 Å². The van der Waals surface area contributed by atoms with Gasteiger partial charge in [-0.05, 0) is 31.4 Å². The van der Waals surface area contributed by atoms with Crippen molar-refractivity contribution in [3.05, 3.63) is 41.7 Å². The lowest BCUT2D eigenvalue weighted by Crippen LogP contribution is -2.38. The van der Waals surface area contributed by atoms with Gasteiger partial charge in [-0.15, -0.1) is 5.10 Å². The second-order valence-electron chi connectivity index (χ2n) is 7.49. The summed E-state index contributed by atoms with van der Waals surface area (Å²) >= 11 is 0. The van der Waals surface area contributed by atoms with E-state index in [1.54, 1.807) is 4.90 Å². The molecule has 4 rings (SSSR count). The van der Waals surface area contributed by atoms with E-state index < -0.39 is 45.3 Å². The van der Waals surface area contributed by atoms with Crippen molar-refractivity contribution in [2.24, 2.45) is 0 Å². The average molecular weight is 443 g/mol. The van der Waals surface area contributed by atoms with Crippen molar-refractivity contribution < 1.29 is 26.4 Å². The molecule has 0 spiro atoms. The molecule has 1 aromatic heterocycles. The van der Waals surface area contributed by atoms with Crippen LogP contribution in [0.2, 0.25) is 0 Å². The molecule has 8 nitrogen and oxygen atoms in total. The van der Waals surface area contributed by atoms with E-state index in [9.17, 15) is 26.4 Å². The van der Waals surface area contributed by atoms with Gasteiger partial charge < -0.3 is 4.90 Å². The first-order chi connectivity index (χ1) is 14.2. The number of nitrogens with zero attached hydrogens (tertiary/aromatic N) is 5. The first-order valence-corrected chi connectivity index (χ1v) is 11.0. The molecule has 0 bridgehead atoms. The van der Waals surface area contributed by atoms with E-state index in [0.717, 1.165) is 17.1 Å². The molecule has 3 heterocycles. The van der Waals surface area contributed by atoms with Crippen LogP contribution in [-0.4, -0.2) is 70.4 Å². The zero-order chi connectivity index (χ0) is 21.5. The number of aromatic nitrogens is 3. The Morgan fingerprint density at radius 2 is 1.80 bits per heavy atom. The Morgan fingerprint density at radius 1 is 1.13 bits per heavy atom. The predicted molar refractivity (Wildman–Crippen MR) is 98.7 cm³/mol. The Balaban J connectivity index is 1.54. The molecule has 2 unspecified atom stereocenters. The highest BCUT2D eigenvalue weighted by Crippen LogP contribution is 2.29. The van der Waals surface area contributed by atoms with Crippen molar-refractivity contribution in [3.63, 3.8) is 0 Å². The number of rotatable bonds is 5. The maximum Gasteiger partial charge on any atom is 0.276 e. The second kappa shape index (κ2) is 7.99. The number of alkyl halides is 1. The van der Waals surface area contributed by atoms with Crippen LogP contribution in [0, 0.1) is 11.6 Å². The summed E-state index contributed by atoms with van der Waals surface area (Å²) in [6, 6.07) is 1.12. The van der Waals surface area contributed by atoms with Crippen LogP contribution in [0.4, 0.5) is 13.2 Å². The fourth-order valence-corrected chi connectivity index (χ4v) is 5.59. The third-order valence-corrected chi connectivity index (χ3v) is 7.20. The number of likely N-dealkylation sites (tertiary alicyclic amines) is 1. The smallest absolute Gasteiger partial charge is 0.276 e. The SMILES string of the molecule is O=C(c1cn(CC2CC(F)CN2S(=O)(=O)c2cc(F)cc(F)c2)nn1)N1CCCC1. The first-order valence-electron chi connectivity index (χ1n) is 9.55. The topological polar surface area (TPSA) is 88.4 Å². The summed E-state index contributed by atoms with van der Waals surface area (Å²) in [7, 11) is -4.33. The predicted octanol–water partition coefficient (Wildman–Crippen LogP) is 1.59. The minimum absolute atomic E-state index is 0.0439. The zero-order valence-corrected chi connectivity index (χ0v) is 16.7. The summed E-state index contributed by atoms with van der Waals surface area (Å²) < 4.78 is 69.1.